The van der Waals surface area contributed by atoms with Crippen LogP contribution >= 0.6 is 0 Å². The Kier molecular flexibility index (Phi) is 4.51. The predicted octanol–water partition coefficient (Wildman–Crippen LogP) is 1.72. The quantitative estimate of drug-likeness (QED) is 0.564. The maximum atomic E-state index is 10.2. The third-order valence-corrected chi connectivity index (χ3v) is 1.95. The van der Waals surface area contributed by atoms with Crippen LogP contribution in [0.4, 0.5) is 0 Å². The van der Waals surface area contributed by atoms with E-state index < -0.39 is 5.97 Å². The number of hydrogen-bond donors (Lipinski definition) is 0. The van der Waals surface area contributed by atoms with E-state index in [0.717, 1.165) is 12.4 Å². The van der Waals surface area contributed by atoms with Crippen LogP contribution in [0.1, 0.15) is 18.9 Å². The molecule has 16 heavy (non-hydrogen) atoms. The molecule has 4 heteroatoms. The third-order valence-electron chi connectivity index (χ3n) is 1.95. The molecule has 2 bridgehead atoms. The number of Topliss-reactive ketones (excluding diaryl/α,β-unsaturated/α-hetero) is 1. The highest BCUT2D eigenvalue weighted by atomic mass is 16.5. The smallest absolute Gasteiger partial charge is 0.313 e. The SMILES string of the molecule is COC(=O)CC(C)=O.c1cc2ccc1CO2. The Hall–Kier alpha value is -1.84. The van der Waals surface area contributed by atoms with E-state index in [-0.39, 0.29) is 12.2 Å². The number of carbonyl (C=O) groups excluding carboxylic acids is 2. The summed E-state index contributed by atoms with van der Waals surface area (Å²) in [6, 6.07) is 8.13. The van der Waals surface area contributed by atoms with Gasteiger partial charge in [-0.1, -0.05) is 12.1 Å². The van der Waals surface area contributed by atoms with E-state index >= 15 is 0 Å². The van der Waals surface area contributed by atoms with Crippen LogP contribution in [0.25, 0.3) is 0 Å². The summed E-state index contributed by atoms with van der Waals surface area (Å²) in [5, 5.41) is 0. The first-order valence-corrected chi connectivity index (χ1v) is 4.90. The fraction of sp³-hybridized carbons (Fsp3) is 0.333. The molecule has 1 aromatic rings. The van der Waals surface area contributed by atoms with E-state index in [0.29, 0.717) is 0 Å². The van der Waals surface area contributed by atoms with Crippen molar-refractivity contribution in [1.82, 2.24) is 0 Å². The highest BCUT2D eigenvalue weighted by Crippen LogP contribution is 2.19. The van der Waals surface area contributed by atoms with Crippen molar-refractivity contribution in [2.45, 2.75) is 20.0 Å². The van der Waals surface area contributed by atoms with Crippen LogP contribution in [-0.4, -0.2) is 18.9 Å². The molecule has 0 saturated carbocycles. The molecule has 0 spiro atoms. The van der Waals surface area contributed by atoms with Crippen LogP contribution in [0.5, 0.6) is 5.75 Å². The number of rotatable bonds is 2. The molecule has 2 aliphatic rings. The van der Waals surface area contributed by atoms with Crippen molar-refractivity contribution in [2.24, 2.45) is 0 Å². The van der Waals surface area contributed by atoms with Gasteiger partial charge in [0.1, 0.15) is 24.6 Å². The molecule has 0 N–H and O–H groups in total. The number of ether oxygens (including phenoxy) is 2. The van der Waals surface area contributed by atoms with Gasteiger partial charge in [0.05, 0.1) is 7.11 Å². The molecule has 0 amide bonds. The lowest BCUT2D eigenvalue weighted by molar-refractivity contribution is -0.142. The van der Waals surface area contributed by atoms with Crippen LogP contribution < -0.4 is 4.74 Å². The average molecular weight is 222 g/mol. The molecule has 0 fully saturated rings. The summed E-state index contributed by atoms with van der Waals surface area (Å²) in [6.45, 7) is 2.11. The minimum Gasteiger partial charge on any atom is -0.489 e. The zero-order valence-electron chi connectivity index (χ0n) is 9.36. The monoisotopic (exact) mass is 222 g/mol. The Balaban J connectivity index is 0.000000160. The van der Waals surface area contributed by atoms with E-state index in [1.165, 1.54) is 19.6 Å². The number of carbonyl (C=O) groups is 2. The molecule has 2 aliphatic heterocycles. The zero-order chi connectivity index (χ0) is 12.0. The Morgan fingerprint density at radius 2 is 1.94 bits per heavy atom. The van der Waals surface area contributed by atoms with Gasteiger partial charge < -0.3 is 9.47 Å². The molecular formula is C12H14O4. The number of hydrogen-bond acceptors (Lipinski definition) is 4. The van der Waals surface area contributed by atoms with Crippen molar-refractivity contribution in [3.05, 3.63) is 29.8 Å². The van der Waals surface area contributed by atoms with Gasteiger partial charge in [0, 0.05) is 0 Å². The minimum atomic E-state index is -0.475. The summed E-state index contributed by atoms with van der Waals surface area (Å²) in [5.74, 6) is 0.342. The molecule has 3 rings (SSSR count). The normalized spacial score (nSPS) is 10.9. The van der Waals surface area contributed by atoms with Crippen molar-refractivity contribution in [3.8, 4) is 5.75 Å². The second-order valence-corrected chi connectivity index (χ2v) is 3.39. The van der Waals surface area contributed by atoms with Gasteiger partial charge in [-0.2, -0.15) is 0 Å². The second-order valence-electron chi connectivity index (χ2n) is 3.39. The number of benzene rings is 1. The van der Waals surface area contributed by atoms with E-state index in [1.54, 1.807) is 0 Å². The summed E-state index contributed by atoms with van der Waals surface area (Å²) in [4.78, 5) is 20.3. The molecule has 1 aromatic carbocycles. The van der Waals surface area contributed by atoms with Crippen LogP contribution in [0.2, 0.25) is 0 Å². The van der Waals surface area contributed by atoms with Gasteiger partial charge in [0.25, 0.3) is 0 Å². The summed E-state index contributed by atoms with van der Waals surface area (Å²) < 4.78 is 9.38. The van der Waals surface area contributed by atoms with Crippen molar-refractivity contribution >= 4 is 11.8 Å². The molecule has 0 aliphatic carbocycles. The molecule has 2 heterocycles. The van der Waals surface area contributed by atoms with Crippen LogP contribution in [0, 0.1) is 0 Å². The van der Waals surface area contributed by atoms with Gasteiger partial charge in [-0.25, -0.2) is 0 Å². The van der Waals surface area contributed by atoms with E-state index in [9.17, 15) is 9.59 Å². The Morgan fingerprint density at radius 1 is 1.31 bits per heavy atom. The fourth-order valence-corrected chi connectivity index (χ4v) is 1.12. The maximum absolute atomic E-state index is 10.2. The second kappa shape index (κ2) is 5.90. The van der Waals surface area contributed by atoms with Crippen molar-refractivity contribution in [3.63, 3.8) is 0 Å². The molecule has 0 radical (unpaired) electrons. The first-order chi connectivity index (χ1) is 7.61. The third kappa shape index (κ3) is 4.13. The lowest BCUT2D eigenvalue weighted by Crippen LogP contribution is -2.05. The predicted molar refractivity (Wildman–Crippen MR) is 58.1 cm³/mol. The summed E-state index contributed by atoms with van der Waals surface area (Å²) in [5.41, 5.74) is 1.26. The largest absolute Gasteiger partial charge is 0.489 e. The summed E-state index contributed by atoms with van der Waals surface area (Å²) >= 11 is 0. The molecule has 0 aromatic heterocycles. The van der Waals surface area contributed by atoms with Crippen LogP contribution in [-0.2, 0) is 20.9 Å². The fourth-order valence-electron chi connectivity index (χ4n) is 1.12. The molecular weight excluding hydrogens is 208 g/mol. The molecule has 4 nitrogen and oxygen atoms in total. The first-order valence-electron chi connectivity index (χ1n) is 4.90. The Morgan fingerprint density at radius 3 is 2.06 bits per heavy atom. The van der Waals surface area contributed by atoms with Crippen molar-refractivity contribution < 1.29 is 19.1 Å². The van der Waals surface area contributed by atoms with Gasteiger partial charge in [0.2, 0.25) is 0 Å². The van der Waals surface area contributed by atoms with E-state index in [1.807, 2.05) is 12.1 Å². The van der Waals surface area contributed by atoms with Crippen LogP contribution in [0.15, 0.2) is 24.3 Å². The number of ketones is 1. The lowest BCUT2D eigenvalue weighted by atomic mass is 10.2. The topological polar surface area (TPSA) is 52.6 Å². The summed E-state index contributed by atoms with van der Waals surface area (Å²) in [7, 11) is 1.26. The maximum Gasteiger partial charge on any atom is 0.313 e. The highest BCUT2D eigenvalue weighted by Gasteiger charge is 2.02. The van der Waals surface area contributed by atoms with Crippen LogP contribution in [0.3, 0.4) is 0 Å². The zero-order valence-corrected chi connectivity index (χ0v) is 9.36. The number of esters is 1. The van der Waals surface area contributed by atoms with Gasteiger partial charge in [0.15, 0.2) is 0 Å². The molecule has 0 atom stereocenters. The van der Waals surface area contributed by atoms with Gasteiger partial charge in [-0.3, -0.25) is 9.59 Å². The Labute approximate surface area is 94.2 Å². The summed E-state index contributed by atoms with van der Waals surface area (Å²) in [6.07, 6.45) is -0.115. The van der Waals surface area contributed by atoms with E-state index in [4.69, 9.17) is 4.74 Å². The Bertz CT molecular complexity index is 344. The standard InChI is InChI=1S/C7H6O.C5H8O3/c1-3-7-4-2-6(1)5-8-7;1-4(6)3-5(7)8-2/h1-4H,5H2;3H2,1-2H3. The molecule has 86 valence electrons. The average Bonchev–Trinajstić information content (AvgIpc) is 2.31. The first kappa shape index (κ1) is 12.2. The van der Waals surface area contributed by atoms with Crippen molar-refractivity contribution in [1.29, 1.82) is 0 Å². The lowest BCUT2D eigenvalue weighted by Gasteiger charge is -2.11. The number of fused-ring (bicyclic) bond motifs is 3. The number of methoxy groups -OCH3 is 1. The van der Waals surface area contributed by atoms with E-state index in [2.05, 4.69) is 16.9 Å². The molecule has 0 saturated heterocycles. The van der Waals surface area contributed by atoms with Crippen molar-refractivity contribution in [2.75, 3.05) is 7.11 Å². The van der Waals surface area contributed by atoms with Gasteiger partial charge in [-0.05, 0) is 24.6 Å². The highest BCUT2D eigenvalue weighted by molar-refractivity contribution is 5.93. The van der Waals surface area contributed by atoms with Gasteiger partial charge >= 0.3 is 5.97 Å². The minimum absolute atomic E-state index is 0.115. The van der Waals surface area contributed by atoms with Gasteiger partial charge in [-0.15, -0.1) is 0 Å². The molecule has 0 unspecified atom stereocenters.